The normalized spacial score (nSPS) is 13.5. The van der Waals surface area contributed by atoms with Gasteiger partial charge in [-0.15, -0.1) is 0 Å². The molecule has 122 valence electrons. The Labute approximate surface area is 129 Å². The van der Waals surface area contributed by atoms with Crippen LogP contribution in [0.3, 0.4) is 0 Å². The van der Waals surface area contributed by atoms with Crippen LogP contribution in [0.4, 0.5) is 0 Å². The molecule has 6 nitrogen and oxygen atoms in total. The van der Waals surface area contributed by atoms with E-state index in [1.54, 1.807) is 26.8 Å². The number of hydrogen-bond donors (Lipinski definition) is 2. The van der Waals surface area contributed by atoms with Gasteiger partial charge in [0.15, 0.2) is 5.60 Å². The highest BCUT2D eigenvalue weighted by Gasteiger charge is 2.35. The second-order valence-corrected chi connectivity index (χ2v) is 5.59. The van der Waals surface area contributed by atoms with Crippen molar-refractivity contribution in [3.05, 3.63) is 29.3 Å². The van der Waals surface area contributed by atoms with Gasteiger partial charge in [-0.2, -0.15) is 0 Å². The van der Waals surface area contributed by atoms with Crippen LogP contribution in [0.2, 0.25) is 0 Å². The number of hydrogen-bond acceptors (Lipinski definition) is 6. The van der Waals surface area contributed by atoms with E-state index < -0.39 is 30.8 Å². The van der Waals surface area contributed by atoms with Crippen molar-refractivity contribution in [1.82, 2.24) is 0 Å². The van der Waals surface area contributed by atoms with Crippen molar-refractivity contribution in [2.24, 2.45) is 5.92 Å². The monoisotopic (exact) mass is 310 g/mol. The number of benzene rings is 1. The summed E-state index contributed by atoms with van der Waals surface area (Å²) in [6.07, 6.45) is 0. The lowest BCUT2D eigenvalue weighted by atomic mass is 9.93. The summed E-state index contributed by atoms with van der Waals surface area (Å²) in [4.78, 5) is 22.6. The summed E-state index contributed by atoms with van der Waals surface area (Å²) >= 11 is 0. The first-order chi connectivity index (χ1) is 10.2. The van der Waals surface area contributed by atoms with E-state index in [1.807, 2.05) is 0 Å². The van der Waals surface area contributed by atoms with Crippen LogP contribution in [0.5, 0.6) is 5.75 Å². The molecule has 0 aliphatic heterocycles. The van der Waals surface area contributed by atoms with Gasteiger partial charge in [0, 0.05) is 12.5 Å². The third-order valence-corrected chi connectivity index (χ3v) is 3.09. The Hall–Kier alpha value is -2.08. The Morgan fingerprint density at radius 3 is 2.32 bits per heavy atom. The first-order valence-electron chi connectivity index (χ1n) is 6.98. The third-order valence-electron chi connectivity index (χ3n) is 3.09. The van der Waals surface area contributed by atoms with E-state index in [0.717, 1.165) is 5.56 Å². The molecule has 2 N–H and O–H groups in total. The lowest BCUT2D eigenvalue weighted by Crippen LogP contribution is -2.39. The fraction of sp³-hybridized carbons (Fsp3) is 0.500. The number of esters is 2. The van der Waals surface area contributed by atoms with Crippen LogP contribution in [0.1, 0.15) is 31.9 Å². The number of carbonyl (C=O) groups excluding carboxylic acids is 2. The van der Waals surface area contributed by atoms with Gasteiger partial charge < -0.3 is 19.7 Å². The summed E-state index contributed by atoms with van der Waals surface area (Å²) in [5, 5.41) is 20.7. The van der Waals surface area contributed by atoms with Gasteiger partial charge in [0.1, 0.15) is 19.0 Å². The smallest absolute Gasteiger partial charge is 0.308 e. The number of aliphatic hydroxyl groups is 1. The molecule has 1 aromatic rings. The van der Waals surface area contributed by atoms with E-state index in [1.165, 1.54) is 19.1 Å². The molecular formula is C16H22O6. The minimum absolute atomic E-state index is 0.135. The predicted octanol–water partition coefficient (Wildman–Crippen LogP) is 1.65. The van der Waals surface area contributed by atoms with Gasteiger partial charge in [-0.1, -0.05) is 26.0 Å². The number of ether oxygens (including phenoxy) is 2. The molecule has 1 rings (SSSR count). The third kappa shape index (κ3) is 4.73. The van der Waals surface area contributed by atoms with Gasteiger partial charge in [0.2, 0.25) is 0 Å². The Morgan fingerprint density at radius 2 is 1.82 bits per heavy atom. The van der Waals surface area contributed by atoms with Crippen molar-refractivity contribution in [1.29, 1.82) is 0 Å². The lowest BCUT2D eigenvalue weighted by Gasteiger charge is -2.28. The molecule has 1 aromatic carbocycles. The van der Waals surface area contributed by atoms with E-state index in [-0.39, 0.29) is 17.2 Å². The van der Waals surface area contributed by atoms with Crippen LogP contribution in [0, 0.1) is 12.8 Å². The zero-order valence-corrected chi connectivity index (χ0v) is 13.3. The van der Waals surface area contributed by atoms with Crippen LogP contribution in [-0.2, 0) is 24.7 Å². The van der Waals surface area contributed by atoms with Crippen molar-refractivity contribution < 1.29 is 29.3 Å². The molecule has 0 saturated heterocycles. The van der Waals surface area contributed by atoms with Crippen LogP contribution in [0.15, 0.2) is 18.2 Å². The Morgan fingerprint density at radius 1 is 1.23 bits per heavy atom. The zero-order valence-electron chi connectivity index (χ0n) is 13.3. The molecule has 0 bridgehead atoms. The standard InChI is InChI=1S/C16H22O6/c1-10(2)15(19)22-9-16(20,8-21-12(4)17)13-6-5-11(3)7-14(13)18/h5-7,10,18,20H,8-9H2,1-4H3/t16-/m1/s1. The van der Waals surface area contributed by atoms with E-state index in [2.05, 4.69) is 0 Å². The largest absolute Gasteiger partial charge is 0.508 e. The summed E-state index contributed by atoms with van der Waals surface area (Å²) in [6, 6.07) is 4.67. The number of phenols is 1. The second-order valence-electron chi connectivity index (χ2n) is 5.59. The van der Waals surface area contributed by atoms with Crippen LogP contribution in [-0.4, -0.2) is 35.4 Å². The molecule has 22 heavy (non-hydrogen) atoms. The van der Waals surface area contributed by atoms with Gasteiger partial charge >= 0.3 is 11.9 Å². The number of aromatic hydroxyl groups is 1. The molecule has 6 heteroatoms. The quantitative estimate of drug-likeness (QED) is 0.776. The molecule has 0 fully saturated rings. The summed E-state index contributed by atoms with van der Waals surface area (Å²) in [5.74, 6) is -1.59. The van der Waals surface area contributed by atoms with E-state index in [0.29, 0.717) is 0 Å². The van der Waals surface area contributed by atoms with Gasteiger partial charge in [0.05, 0.1) is 5.92 Å². The maximum absolute atomic E-state index is 11.6. The highest BCUT2D eigenvalue weighted by molar-refractivity contribution is 5.71. The second kappa shape index (κ2) is 7.26. The van der Waals surface area contributed by atoms with Gasteiger partial charge in [-0.05, 0) is 18.6 Å². The Kier molecular flexibility index (Phi) is 5.93. The number of aryl methyl sites for hydroxylation is 1. The van der Waals surface area contributed by atoms with Gasteiger partial charge in [0.25, 0.3) is 0 Å². The van der Waals surface area contributed by atoms with Crippen molar-refractivity contribution in [2.45, 2.75) is 33.3 Å². The average Bonchev–Trinajstić information content (AvgIpc) is 2.42. The summed E-state index contributed by atoms with van der Waals surface area (Å²) < 4.78 is 9.90. The van der Waals surface area contributed by atoms with Crippen molar-refractivity contribution >= 4 is 11.9 Å². The number of carbonyl (C=O) groups is 2. The summed E-state index contributed by atoms with van der Waals surface area (Å²) in [5.41, 5.74) is -0.875. The average molecular weight is 310 g/mol. The Bertz CT molecular complexity index is 552. The SMILES string of the molecule is CC(=O)OC[C@@](O)(COC(=O)C(C)C)c1ccc(C)cc1O. The maximum atomic E-state index is 11.6. The molecule has 0 spiro atoms. The highest BCUT2D eigenvalue weighted by Crippen LogP contribution is 2.31. The zero-order chi connectivity index (χ0) is 16.9. The van der Waals surface area contributed by atoms with E-state index in [4.69, 9.17) is 9.47 Å². The molecule has 0 aliphatic rings. The molecule has 0 unspecified atom stereocenters. The summed E-state index contributed by atoms with van der Waals surface area (Å²) in [7, 11) is 0. The fourth-order valence-corrected chi connectivity index (χ4v) is 1.81. The summed E-state index contributed by atoms with van der Waals surface area (Å²) in [6.45, 7) is 5.47. The Balaban J connectivity index is 3.04. The molecule has 0 aliphatic carbocycles. The first-order valence-corrected chi connectivity index (χ1v) is 6.98. The highest BCUT2D eigenvalue weighted by atomic mass is 16.6. The van der Waals surface area contributed by atoms with Crippen LogP contribution in [0.25, 0.3) is 0 Å². The van der Waals surface area contributed by atoms with Gasteiger partial charge in [-0.3, -0.25) is 9.59 Å². The fourth-order valence-electron chi connectivity index (χ4n) is 1.81. The van der Waals surface area contributed by atoms with Crippen LogP contribution >= 0.6 is 0 Å². The molecule has 0 amide bonds. The molecule has 0 heterocycles. The number of phenolic OH excluding ortho intramolecular Hbond substituents is 1. The van der Waals surface area contributed by atoms with E-state index in [9.17, 15) is 19.8 Å². The van der Waals surface area contributed by atoms with Crippen molar-refractivity contribution in [3.63, 3.8) is 0 Å². The van der Waals surface area contributed by atoms with E-state index >= 15 is 0 Å². The van der Waals surface area contributed by atoms with Crippen LogP contribution < -0.4 is 0 Å². The lowest BCUT2D eigenvalue weighted by molar-refractivity contribution is -0.165. The molecule has 0 radical (unpaired) electrons. The minimum atomic E-state index is -1.81. The van der Waals surface area contributed by atoms with Crippen molar-refractivity contribution in [2.75, 3.05) is 13.2 Å². The van der Waals surface area contributed by atoms with Gasteiger partial charge in [-0.25, -0.2) is 0 Å². The minimum Gasteiger partial charge on any atom is -0.508 e. The molecule has 0 saturated carbocycles. The molecule has 1 atom stereocenters. The number of rotatable bonds is 6. The predicted molar refractivity (Wildman–Crippen MR) is 79.2 cm³/mol. The molecular weight excluding hydrogens is 288 g/mol. The van der Waals surface area contributed by atoms with Crippen molar-refractivity contribution in [3.8, 4) is 5.75 Å². The molecule has 0 aromatic heterocycles. The maximum Gasteiger partial charge on any atom is 0.308 e. The topological polar surface area (TPSA) is 93.1 Å². The first kappa shape index (κ1) is 18.0.